The van der Waals surface area contributed by atoms with E-state index in [9.17, 15) is 0 Å². The average Bonchev–Trinajstić information content (AvgIpc) is 2.68. The van der Waals surface area contributed by atoms with E-state index in [4.69, 9.17) is 30.5 Å². The first kappa shape index (κ1) is 19.8. The summed E-state index contributed by atoms with van der Waals surface area (Å²) in [7, 11) is 3.25. The second kappa shape index (κ2) is 9.78. The van der Waals surface area contributed by atoms with E-state index in [-0.39, 0.29) is 0 Å². The highest BCUT2D eigenvalue weighted by Crippen LogP contribution is 2.22. The highest BCUT2D eigenvalue weighted by Gasteiger charge is 2.20. The smallest absolute Gasteiger partial charge is 0.122 e. The molecule has 0 atom stereocenters. The van der Waals surface area contributed by atoms with Crippen LogP contribution in [0.1, 0.15) is 0 Å². The molecule has 0 aliphatic rings. The van der Waals surface area contributed by atoms with Crippen LogP contribution in [-0.2, 0) is 0 Å². The van der Waals surface area contributed by atoms with Crippen LogP contribution in [0.25, 0.3) is 11.4 Å². The van der Waals surface area contributed by atoms with Crippen molar-refractivity contribution in [1.29, 1.82) is 0 Å². The van der Waals surface area contributed by atoms with Crippen LogP contribution < -0.4 is 15.2 Å². The summed E-state index contributed by atoms with van der Waals surface area (Å²) in [6, 6.07) is 7.26. The van der Waals surface area contributed by atoms with E-state index in [1.165, 1.54) is 0 Å². The summed E-state index contributed by atoms with van der Waals surface area (Å²) in [5.41, 5.74) is 5.46. The largest absolute Gasteiger partial charge is 0.497 e. The van der Waals surface area contributed by atoms with Gasteiger partial charge in [-0.2, -0.15) is 0 Å². The van der Waals surface area contributed by atoms with E-state index in [0.717, 1.165) is 22.9 Å². The lowest BCUT2D eigenvalue weighted by Crippen LogP contribution is -2.50. The van der Waals surface area contributed by atoms with Crippen LogP contribution in [0.4, 0.5) is 0 Å². The molecule has 2 aromatic rings. The number of aliphatic hydroxyl groups excluding tert-OH is 3. The van der Waals surface area contributed by atoms with Crippen molar-refractivity contribution >= 4 is 0 Å². The zero-order valence-corrected chi connectivity index (χ0v) is 13.7. The van der Waals surface area contributed by atoms with Gasteiger partial charge in [0.1, 0.15) is 11.5 Å². The van der Waals surface area contributed by atoms with Crippen LogP contribution in [0.3, 0.4) is 0 Å². The van der Waals surface area contributed by atoms with Crippen molar-refractivity contribution in [3.05, 3.63) is 36.7 Å². The van der Waals surface area contributed by atoms with Crippen LogP contribution in [0.15, 0.2) is 36.7 Å². The lowest BCUT2D eigenvalue weighted by atomic mass is 10.1. The van der Waals surface area contributed by atoms with Crippen molar-refractivity contribution < 1.29 is 24.8 Å². The number of aromatic nitrogens is 2. The Morgan fingerprint density at radius 2 is 1.25 bits per heavy atom. The fourth-order valence-electron chi connectivity index (χ4n) is 1.51. The second-order valence-electron chi connectivity index (χ2n) is 5.00. The summed E-state index contributed by atoms with van der Waals surface area (Å²) in [5, 5.41) is 25.0. The van der Waals surface area contributed by atoms with Gasteiger partial charge in [-0.05, 0) is 12.1 Å². The molecule has 0 aliphatic heterocycles. The van der Waals surface area contributed by atoms with Gasteiger partial charge in [0.2, 0.25) is 0 Å². The minimum absolute atomic E-state index is 0.403. The molecule has 2 heterocycles. The Kier molecular flexibility index (Phi) is 8.07. The van der Waals surface area contributed by atoms with Crippen LogP contribution in [-0.4, -0.2) is 64.9 Å². The van der Waals surface area contributed by atoms with Crippen LogP contribution in [0, 0.1) is 0 Å². The maximum absolute atomic E-state index is 8.34. The quantitative estimate of drug-likeness (QED) is 0.571. The van der Waals surface area contributed by atoms with E-state index in [1.807, 2.05) is 12.1 Å². The SMILES string of the molecule is COc1ccnc(-c2cc(OC)ccn2)c1.NC(CO)(CO)CO. The third-order valence-electron chi connectivity index (χ3n) is 3.14. The van der Waals surface area contributed by atoms with Gasteiger partial charge in [-0.15, -0.1) is 0 Å². The summed E-state index contributed by atoms with van der Waals surface area (Å²) in [4.78, 5) is 8.47. The van der Waals surface area contributed by atoms with Gasteiger partial charge < -0.3 is 30.5 Å². The zero-order chi connectivity index (χ0) is 18.0. The zero-order valence-electron chi connectivity index (χ0n) is 13.7. The van der Waals surface area contributed by atoms with Crippen molar-refractivity contribution in [2.75, 3.05) is 34.0 Å². The molecule has 5 N–H and O–H groups in total. The maximum Gasteiger partial charge on any atom is 0.122 e. The standard InChI is InChI=1S/C12H12N2O2.C4H11NO3/c1-15-9-3-5-13-11(7-9)12-8-10(16-2)4-6-14-12;5-4(1-6,2-7)3-8/h3-8H,1-2H3;6-8H,1-3,5H2. The number of hydrogen-bond acceptors (Lipinski definition) is 8. The molecule has 0 bridgehead atoms. The molecule has 0 amide bonds. The summed E-state index contributed by atoms with van der Waals surface area (Å²) in [5.74, 6) is 1.52. The third-order valence-corrected chi connectivity index (χ3v) is 3.14. The van der Waals surface area contributed by atoms with Crippen molar-refractivity contribution in [2.45, 2.75) is 5.54 Å². The van der Waals surface area contributed by atoms with Gasteiger partial charge in [0, 0.05) is 24.5 Å². The molecule has 132 valence electrons. The number of pyridine rings is 2. The van der Waals surface area contributed by atoms with Gasteiger partial charge in [0.25, 0.3) is 0 Å². The number of ether oxygens (including phenoxy) is 2. The third kappa shape index (κ3) is 5.74. The van der Waals surface area contributed by atoms with Crippen molar-refractivity contribution in [3.63, 3.8) is 0 Å². The van der Waals surface area contributed by atoms with E-state index in [2.05, 4.69) is 9.97 Å². The number of aliphatic hydroxyl groups is 3. The molecule has 0 spiro atoms. The number of rotatable bonds is 6. The molecule has 0 saturated heterocycles. The van der Waals surface area contributed by atoms with Crippen LogP contribution in [0.5, 0.6) is 11.5 Å². The Morgan fingerprint density at radius 1 is 0.875 bits per heavy atom. The number of hydrogen-bond donors (Lipinski definition) is 4. The molecule has 0 fully saturated rings. The molecular formula is C16H23N3O5. The molecule has 0 aliphatic carbocycles. The summed E-state index contributed by atoms with van der Waals surface area (Å²) in [6.45, 7) is -1.21. The second-order valence-corrected chi connectivity index (χ2v) is 5.00. The molecule has 0 radical (unpaired) electrons. The van der Waals surface area contributed by atoms with Gasteiger partial charge in [0.15, 0.2) is 0 Å². The van der Waals surface area contributed by atoms with E-state index < -0.39 is 25.4 Å². The first-order valence-electron chi connectivity index (χ1n) is 7.14. The number of nitrogens with zero attached hydrogens (tertiary/aromatic N) is 2. The minimum atomic E-state index is -1.21. The Bertz CT molecular complexity index is 566. The Hall–Kier alpha value is -2.26. The topological polar surface area (TPSA) is 131 Å². The fourth-order valence-corrected chi connectivity index (χ4v) is 1.51. The molecule has 8 heteroatoms. The number of nitrogens with two attached hydrogens (primary N) is 1. The Balaban J connectivity index is 0.000000307. The van der Waals surface area contributed by atoms with Crippen molar-refractivity contribution in [1.82, 2.24) is 9.97 Å². The molecule has 24 heavy (non-hydrogen) atoms. The van der Waals surface area contributed by atoms with Gasteiger partial charge in [-0.1, -0.05) is 0 Å². The van der Waals surface area contributed by atoms with E-state index in [1.54, 1.807) is 38.7 Å². The van der Waals surface area contributed by atoms with E-state index >= 15 is 0 Å². The van der Waals surface area contributed by atoms with Gasteiger partial charge in [0.05, 0.1) is 51.0 Å². The highest BCUT2D eigenvalue weighted by atomic mass is 16.5. The predicted molar refractivity (Wildman–Crippen MR) is 88.7 cm³/mol. The molecule has 2 rings (SSSR count). The highest BCUT2D eigenvalue weighted by molar-refractivity contribution is 5.57. The average molecular weight is 337 g/mol. The first-order chi connectivity index (χ1) is 11.5. The van der Waals surface area contributed by atoms with E-state index in [0.29, 0.717) is 0 Å². The normalized spacial score (nSPS) is 10.6. The Labute approximate surface area is 140 Å². The first-order valence-corrected chi connectivity index (χ1v) is 7.14. The van der Waals surface area contributed by atoms with Crippen molar-refractivity contribution in [3.8, 4) is 22.9 Å². The van der Waals surface area contributed by atoms with Crippen LogP contribution >= 0.6 is 0 Å². The molecular weight excluding hydrogens is 314 g/mol. The molecule has 8 nitrogen and oxygen atoms in total. The van der Waals surface area contributed by atoms with Crippen LogP contribution in [0.2, 0.25) is 0 Å². The van der Waals surface area contributed by atoms with Gasteiger partial charge in [-0.3, -0.25) is 9.97 Å². The van der Waals surface area contributed by atoms with Gasteiger partial charge in [-0.25, -0.2) is 0 Å². The minimum Gasteiger partial charge on any atom is -0.497 e. The monoisotopic (exact) mass is 337 g/mol. The fraction of sp³-hybridized carbons (Fsp3) is 0.375. The summed E-state index contributed by atoms with van der Waals surface area (Å²) >= 11 is 0. The lowest BCUT2D eigenvalue weighted by Gasteiger charge is -2.20. The lowest BCUT2D eigenvalue weighted by molar-refractivity contribution is 0.0698. The molecule has 2 aromatic heterocycles. The molecule has 0 aromatic carbocycles. The summed E-state index contributed by atoms with van der Waals surface area (Å²) < 4.78 is 10.3. The molecule has 0 unspecified atom stereocenters. The van der Waals surface area contributed by atoms with Gasteiger partial charge >= 0.3 is 0 Å². The number of methoxy groups -OCH3 is 2. The van der Waals surface area contributed by atoms with Crippen molar-refractivity contribution in [2.24, 2.45) is 5.73 Å². The summed E-state index contributed by atoms with van der Waals surface area (Å²) in [6.07, 6.45) is 3.38. The predicted octanol–water partition coefficient (Wildman–Crippen LogP) is -0.178. The Morgan fingerprint density at radius 3 is 1.50 bits per heavy atom. The molecule has 0 saturated carbocycles. The maximum atomic E-state index is 8.34.